The third kappa shape index (κ3) is 3.14. The average Bonchev–Trinajstić information content (AvgIpc) is 2.55. The maximum absolute atomic E-state index is 6.19. The molecular weight excluding hydrogens is 284 g/mol. The highest BCUT2D eigenvalue weighted by molar-refractivity contribution is 5.74. The largest absolute Gasteiger partial charge is 0.455 e. The standard InChI is InChI=1S/C20H20N2O/c1-13-10-15(8-9-18(13)21)16-11-14(2)20(22)19(12-16)23-17-6-4-3-5-7-17/h3-12H,21-22H2,1-2H3. The molecule has 0 aliphatic rings. The summed E-state index contributed by atoms with van der Waals surface area (Å²) in [6.45, 7) is 3.99. The summed E-state index contributed by atoms with van der Waals surface area (Å²) in [4.78, 5) is 0. The molecule has 0 aromatic heterocycles. The van der Waals surface area contributed by atoms with E-state index in [1.807, 2.05) is 62.4 Å². The molecule has 0 amide bonds. The summed E-state index contributed by atoms with van der Waals surface area (Å²) in [6.07, 6.45) is 0. The fourth-order valence-corrected chi connectivity index (χ4v) is 2.49. The molecule has 0 radical (unpaired) electrons. The highest BCUT2D eigenvalue weighted by atomic mass is 16.5. The van der Waals surface area contributed by atoms with Gasteiger partial charge >= 0.3 is 0 Å². The Morgan fingerprint density at radius 2 is 1.43 bits per heavy atom. The van der Waals surface area contributed by atoms with Crippen LogP contribution in [-0.4, -0.2) is 0 Å². The zero-order valence-corrected chi connectivity index (χ0v) is 13.3. The van der Waals surface area contributed by atoms with Crippen molar-refractivity contribution in [2.45, 2.75) is 13.8 Å². The van der Waals surface area contributed by atoms with Crippen LogP contribution in [0.3, 0.4) is 0 Å². The molecular formula is C20H20N2O. The molecule has 0 aliphatic heterocycles. The predicted molar refractivity (Wildman–Crippen MR) is 96.7 cm³/mol. The van der Waals surface area contributed by atoms with Crippen LogP contribution in [0.25, 0.3) is 11.1 Å². The van der Waals surface area contributed by atoms with E-state index in [0.717, 1.165) is 33.7 Å². The smallest absolute Gasteiger partial charge is 0.151 e. The van der Waals surface area contributed by atoms with Gasteiger partial charge in [-0.2, -0.15) is 0 Å². The van der Waals surface area contributed by atoms with Gasteiger partial charge in [-0.25, -0.2) is 0 Å². The number of ether oxygens (including phenoxy) is 1. The molecule has 0 aliphatic carbocycles. The molecule has 0 saturated carbocycles. The third-order valence-corrected chi connectivity index (χ3v) is 3.92. The average molecular weight is 304 g/mol. The zero-order valence-electron chi connectivity index (χ0n) is 13.3. The molecule has 0 spiro atoms. The molecule has 3 nitrogen and oxygen atoms in total. The molecule has 3 heteroatoms. The van der Waals surface area contributed by atoms with Crippen LogP contribution >= 0.6 is 0 Å². The van der Waals surface area contributed by atoms with Crippen molar-refractivity contribution >= 4 is 11.4 Å². The molecule has 3 rings (SSSR count). The first-order valence-corrected chi connectivity index (χ1v) is 7.54. The van der Waals surface area contributed by atoms with E-state index in [-0.39, 0.29) is 0 Å². The summed E-state index contributed by atoms with van der Waals surface area (Å²) < 4.78 is 5.96. The second-order valence-corrected chi connectivity index (χ2v) is 5.69. The van der Waals surface area contributed by atoms with Gasteiger partial charge in [-0.1, -0.05) is 24.3 Å². The number of para-hydroxylation sites is 1. The van der Waals surface area contributed by atoms with E-state index in [1.165, 1.54) is 0 Å². The van der Waals surface area contributed by atoms with E-state index in [0.29, 0.717) is 11.4 Å². The van der Waals surface area contributed by atoms with Crippen LogP contribution in [0.2, 0.25) is 0 Å². The Bertz CT molecular complexity index is 842. The predicted octanol–water partition coefficient (Wildman–Crippen LogP) is 4.93. The van der Waals surface area contributed by atoms with Crippen LogP contribution in [0.5, 0.6) is 11.5 Å². The molecule has 3 aromatic rings. The van der Waals surface area contributed by atoms with E-state index in [1.54, 1.807) is 0 Å². The molecule has 0 fully saturated rings. The monoisotopic (exact) mass is 304 g/mol. The van der Waals surface area contributed by atoms with Gasteiger partial charge in [0.05, 0.1) is 5.69 Å². The Kier molecular flexibility index (Phi) is 3.94. The van der Waals surface area contributed by atoms with Crippen molar-refractivity contribution in [3.63, 3.8) is 0 Å². The number of hydrogen-bond acceptors (Lipinski definition) is 3. The zero-order chi connectivity index (χ0) is 16.4. The Morgan fingerprint density at radius 1 is 0.739 bits per heavy atom. The lowest BCUT2D eigenvalue weighted by atomic mass is 9.99. The number of rotatable bonds is 3. The van der Waals surface area contributed by atoms with Crippen molar-refractivity contribution < 1.29 is 4.74 Å². The summed E-state index contributed by atoms with van der Waals surface area (Å²) in [5.74, 6) is 1.44. The normalized spacial score (nSPS) is 10.5. The van der Waals surface area contributed by atoms with Crippen molar-refractivity contribution in [3.8, 4) is 22.6 Å². The summed E-state index contributed by atoms with van der Waals surface area (Å²) in [6, 6.07) is 19.7. The number of nitrogens with two attached hydrogens (primary N) is 2. The van der Waals surface area contributed by atoms with Crippen molar-refractivity contribution in [1.82, 2.24) is 0 Å². The molecule has 23 heavy (non-hydrogen) atoms. The summed E-state index contributed by atoms with van der Waals surface area (Å²) in [5, 5.41) is 0. The molecule has 3 aromatic carbocycles. The molecule has 0 heterocycles. The fourth-order valence-electron chi connectivity index (χ4n) is 2.49. The van der Waals surface area contributed by atoms with Crippen molar-refractivity contribution in [3.05, 3.63) is 71.8 Å². The van der Waals surface area contributed by atoms with Gasteiger partial charge in [0, 0.05) is 5.69 Å². The number of nitrogen functional groups attached to an aromatic ring is 2. The Hall–Kier alpha value is -2.94. The highest BCUT2D eigenvalue weighted by Crippen LogP contribution is 2.35. The maximum atomic E-state index is 6.19. The van der Waals surface area contributed by atoms with Gasteiger partial charge in [0.25, 0.3) is 0 Å². The van der Waals surface area contributed by atoms with Crippen molar-refractivity contribution in [2.24, 2.45) is 0 Å². The van der Waals surface area contributed by atoms with Crippen molar-refractivity contribution in [2.75, 3.05) is 11.5 Å². The first-order chi connectivity index (χ1) is 11.0. The SMILES string of the molecule is Cc1cc(-c2cc(C)c(N)c(Oc3ccccc3)c2)ccc1N. The van der Waals surface area contributed by atoms with Crippen LogP contribution in [0.15, 0.2) is 60.7 Å². The van der Waals surface area contributed by atoms with Gasteiger partial charge in [-0.3, -0.25) is 0 Å². The van der Waals surface area contributed by atoms with Crippen molar-refractivity contribution in [1.29, 1.82) is 0 Å². The first-order valence-electron chi connectivity index (χ1n) is 7.54. The van der Waals surface area contributed by atoms with Crippen LogP contribution in [0, 0.1) is 13.8 Å². The van der Waals surface area contributed by atoms with Gasteiger partial charge in [0.1, 0.15) is 5.75 Å². The lowest BCUT2D eigenvalue weighted by Gasteiger charge is -2.14. The van der Waals surface area contributed by atoms with Crippen LogP contribution in [-0.2, 0) is 0 Å². The molecule has 116 valence electrons. The number of hydrogen-bond donors (Lipinski definition) is 2. The number of benzene rings is 3. The van der Waals surface area contributed by atoms with E-state index in [4.69, 9.17) is 16.2 Å². The van der Waals surface area contributed by atoms with E-state index < -0.39 is 0 Å². The summed E-state index contributed by atoms with van der Waals surface area (Å²) in [7, 11) is 0. The van der Waals surface area contributed by atoms with Gasteiger partial charge in [0.2, 0.25) is 0 Å². The van der Waals surface area contributed by atoms with Crippen LogP contribution < -0.4 is 16.2 Å². The second-order valence-electron chi connectivity index (χ2n) is 5.69. The fraction of sp³-hybridized carbons (Fsp3) is 0.100. The van der Waals surface area contributed by atoms with E-state index >= 15 is 0 Å². The van der Waals surface area contributed by atoms with Gasteiger partial charge < -0.3 is 16.2 Å². The Morgan fingerprint density at radius 3 is 2.13 bits per heavy atom. The van der Waals surface area contributed by atoms with E-state index in [2.05, 4.69) is 12.1 Å². The van der Waals surface area contributed by atoms with Gasteiger partial charge in [-0.15, -0.1) is 0 Å². The molecule has 0 atom stereocenters. The topological polar surface area (TPSA) is 61.3 Å². The number of aryl methyl sites for hydroxylation is 2. The molecule has 4 N–H and O–H groups in total. The van der Waals surface area contributed by atoms with Crippen LogP contribution in [0.4, 0.5) is 11.4 Å². The summed E-state index contributed by atoms with van der Waals surface area (Å²) in [5.41, 5.74) is 17.7. The van der Waals surface area contributed by atoms with Gasteiger partial charge in [-0.05, 0) is 72.5 Å². The second kappa shape index (κ2) is 6.05. The lowest BCUT2D eigenvalue weighted by Crippen LogP contribution is -1.96. The van der Waals surface area contributed by atoms with Gasteiger partial charge in [0.15, 0.2) is 5.75 Å². The highest BCUT2D eigenvalue weighted by Gasteiger charge is 2.10. The minimum absolute atomic E-state index is 0.657. The quantitative estimate of drug-likeness (QED) is 0.675. The molecule has 0 bridgehead atoms. The summed E-state index contributed by atoms with van der Waals surface area (Å²) >= 11 is 0. The van der Waals surface area contributed by atoms with Crippen LogP contribution in [0.1, 0.15) is 11.1 Å². The molecule has 0 saturated heterocycles. The first kappa shape index (κ1) is 15.0. The minimum Gasteiger partial charge on any atom is -0.455 e. The molecule has 0 unspecified atom stereocenters. The lowest BCUT2D eigenvalue weighted by molar-refractivity contribution is 0.485. The van der Waals surface area contributed by atoms with E-state index in [9.17, 15) is 0 Å². The Labute approximate surface area is 136 Å². The maximum Gasteiger partial charge on any atom is 0.151 e. The number of anilines is 2. The minimum atomic E-state index is 0.657. The third-order valence-electron chi connectivity index (χ3n) is 3.92. The Balaban J connectivity index is 2.04.